The predicted octanol–water partition coefficient (Wildman–Crippen LogP) is 4.16. The lowest BCUT2D eigenvalue weighted by Crippen LogP contribution is -2.19. The fraction of sp³-hybridized carbons (Fsp3) is 0.294. The molecule has 0 radical (unpaired) electrons. The fourth-order valence-corrected chi connectivity index (χ4v) is 2.46. The highest BCUT2D eigenvalue weighted by Gasteiger charge is 2.15. The SMILES string of the molecule is CNC(Cc1ccc(C)cc1)c1ccc(Cl)cc1OC. The van der Waals surface area contributed by atoms with E-state index in [-0.39, 0.29) is 6.04 Å². The van der Waals surface area contributed by atoms with Crippen LogP contribution in [0.2, 0.25) is 5.02 Å². The molecule has 0 saturated carbocycles. The summed E-state index contributed by atoms with van der Waals surface area (Å²) in [7, 11) is 3.64. The topological polar surface area (TPSA) is 21.3 Å². The van der Waals surface area contributed by atoms with Crippen LogP contribution in [-0.2, 0) is 6.42 Å². The molecule has 2 aromatic rings. The fourth-order valence-electron chi connectivity index (χ4n) is 2.30. The van der Waals surface area contributed by atoms with Crippen molar-refractivity contribution in [1.82, 2.24) is 5.32 Å². The molecule has 2 rings (SSSR count). The molecule has 0 aliphatic rings. The molecule has 0 spiro atoms. The van der Waals surface area contributed by atoms with Crippen molar-refractivity contribution < 1.29 is 4.74 Å². The van der Waals surface area contributed by atoms with Crippen molar-refractivity contribution in [3.63, 3.8) is 0 Å². The van der Waals surface area contributed by atoms with Crippen molar-refractivity contribution in [1.29, 1.82) is 0 Å². The highest BCUT2D eigenvalue weighted by Crippen LogP contribution is 2.30. The lowest BCUT2D eigenvalue weighted by atomic mass is 9.97. The van der Waals surface area contributed by atoms with Gasteiger partial charge in [-0.2, -0.15) is 0 Å². The minimum Gasteiger partial charge on any atom is -0.496 e. The standard InChI is InChI=1S/C17H20ClNO/c1-12-4-6-13(7-5-12)10-16(19-2)15-9-8-14(18)11-17(15)20-3/h4-9,11,16,19H,10H2,1-3H3. The van der Waals surface area contributed by atoms with Crippen LogP contribution in [-0.4, -0.2) is 14.2 Å². The van der Waals surface area contributed by atoms with Gasteiger partial charge < -0.3 is 10.1 Å². The summed E-state index contributed by atoms with van der Waals surface area (Å²) in [5, 5.41) is 4.04. The third-order valence-electron chi connectivity index (χ3n) is 3.48. The van der Waals surface area contributed by atoms with E-state index in [4.69, 9.17) is 16.3 Å². The molecule has 0 fully saturated rings. The summed E-state index contributed by atoms with van der Waals surface area (Å²) in [5.41, 5.74) is 3.70. The van der Waals surface area contributed by atoms with Crippen molar-refractivity contribution in [2.45, 2.75) is 19.4 Å². The monoisotopic (exact) mass is 289 g/mol. The van der Waals surface area contributed by atoms with E-state index in [9.17, 15) is 0 Å². The van der Waals surface area contributed by atoms with E-state index in [2.05, 4.69) is 36.5 Å². The summed E-state index contributed by atoms with van der Waals surface area (Å²) in [5.74, 6) is 0.823. The van der Waals surface area contributed by atoms with Gasteiger partial charge in [-0.05, 0) is 38.1 Å². The van der Waals surface area contributed by atoms with Crippen molar-refractivity contribution in [3.8, 4) is 5.75 Å². The van der Waals surface area contributed by atoms with Crippen molar-refractivity contribution in [2.75, 3.05) is 14.2 Å². The zero-order valence-electron chi connectivity index (χ0n) is 12.1. The average molecular weight is 290 g/mol. The number of likely N-dealkylation sites (N-methyl/N-ethyl adjacent to an activating group) is 1. The number of hydrogen-bond donors (Lipinski definition) is 1. The highest BCUT2D eigenvalue weighted by atomic mass is 35.5. The van der Waals surface area contributed by atoms with E-state index < -0.39 is 0 Å². The quantitative estimate of drug-likeness (QED) is 0.892. The normalized spacial score (nSPS) is 12.2. The van der Waals surface area contributed by atoms with Crippen LogP contribution >= 0.6 is 11.6 Å². The van der Waals surface area contributed by atoms with Crippen molar-refractivity contribution in [3.05, 3.63) is 64.2 Å². The maximum Gasteiger partial charge on any atom is 0.125 e. The highest BCUT2D eigenvalue weighted by molar-refractivity contribution is 6.30. The van der Waals surface area contributed by atoms with Crippen LogP contribution in [0, 0.1) is 6.92 Å². The molecule has 3 heteroatoms. The van der Waals surface area contributed by atoms with Crippen LogP contribution < -0.4 is 10.1 Å². The molecule has 106 valence electrons. The zero-order valence-corrected chi connectivity index (χ0v) is 12.9. The smallest absolute Gasteiger partial charge is 0.125 e. The first-order valence-corrected chi connectivity index (χ1v) is 7.08. The summed E-state index contributed by atoms with van der Waals surface area (Å²) in [6.45, 7) is 2.10. The summed E-state index contributed by atoms with van der Waals surface area (Å²) >= 11 is 6.02. The number of hydrogen-bond acceptors (Lipinski definition) is 2. The van der Waals surface area contributed by atoms with Gasteiger partial charge in [0.15, 0.2) is 0 Å². The molecule has 0 amide bonds. The Morgan fingerprint density at radius 3 is 2.45 bits per heavy atom. The van der Waals surface area contributed by atoms with Crippen LogP contribution in [0.5, 0.6) is 5.75 Å². The van der Waals surface area contributed by atoms with E-state index in [1.807, 2.05) is 25.2 Å². The molecule has 0 aliphatic heterocycles. The first-order chi connectivity index (χ1) is 9.63. The third-order valence-corrected chi connectivity index (χ3v) is 3.71. The molecule has 1 unspecified atom stereocenters. The Kier molecular flexibility index (Phi) is 5.05. The first-order valence-electron chi connectivity index (χ1n) is 6.70. The maximum atomic E-state index is 6.02. The Bertz CT molecular complexity index is 566. The summed E-state index contributed by atoms with van der Waals surface area (Å²) < 4.78 is 5.44. The van der Waals surface area contributed by atoms with E-state index in [0.717, 1.165) is 17.7 Å². The molecule has 2 aromatic carbocycles. The average Bonchev–Trinajstić information content (AvgIpc) is 2.47. The molecule has 0 saturated heterocycles. The van der Waals surface area contributed by atoms with Crippen LogP contribution in [0.1, 0.15) is 22.7 Å². The lowest BCUT2D eigenvalue weighted by Gasteiger charge is -2.20. The van der Waals surface area contributed by atoms with Gasteiger partial charge in [0.25, 0.3) is 0 Å². The Labute approximate surface area is 125 Å². The van der Waals surface area contributed by atoms with Gasteiger partial charge in [0.1, 0.15) is 5.75 Å². The number of nitrogens with one attached hydrogen (secondary N) is 1. The second-order valence-corrected chi connectivity index (χ2v) is 5.35. The van der Waals surface area contributed by atoms with Gasteiger partial charge in [0, 0.05) is 16.6 Å². The van der Waals surface area contributed by atoms with E-state index >= 15 is 0 Å². The molecular weight excluding hydrogens is 270 g/mol. The molecule has 2 nitrogen and oxygen atoms in total. The Morgan fingerprint density at radius 2 is 1.85 bits per heavy atom. The van der Waals surface area contributed by atoms with Crippen molar-refractivity contribution >= 4 is 11.6 Å². The Balaban J connectivity index is 2.26. The van der Waals surface area contributed by atoms with Crippen LogP contribution in [0.25, 0.3) is 0 Å². The minimum atomic E-state index is 0.199. The van der Waals surface area contributed by atoms with Gasteiger partial charge in [-0.1, -0.05) is 47.5 Å². The maximum absolute atomic E-state index is 6.02. The number of aryl methyl sites for hydroxylation is 1. The van der Waals surface area contributed by atoms with Crippen LogP contribution in [0.3, 0.4) is 0 Å². The van der Waals surface area contributed by atoms with E-state index in [1.54, 1.807) is 7.11 Å². The molecule has 0 aliphatic carbocycles. The molecular formula is C17H20ClNO. The molecule has 1 atom stereocenters. The predicted molar refractivity (Wildman–Crippen MR) is 84.7 cm³/mol. The lowest BCUT2D eigenvalue weighted by molar-refractivity contribution is 0.401. The van der Waals surface area contributed by atoms with E-state index in [1.165, 1.54) is 11.1 Å². The number of methoxy groups -OCH3 is 1. The summed E-state index contributed by atoms with van der Waals surface area (Å²) in [6, 6.07) is 14.6. The first kappa shape index (κ1) is 14.9. The Hall–Kier alpha value is -1.51. The van der Waals surface area contributed by atoms with Gasteiger partial charge in [-0.25, -0.2) is 0 Å². The molecule has 1 N–H and O–H groups in total. The number of benzene rings is 2. The van der Waals surface area contributed by atoms with Crippen molar-refractivity contribution in [2.24, 2.45) is 0 Å². The van der Waals surface area contributed by atoms with E-state index in [0.29, 0.717) is 5.02 Å². The second-order valence-electron chi connectivity index (χ2n) is 4.92. The molecule has 0 heterocycles. The molecule has 0 bridgehead atoms. The second kappa shape index (κ2) is 6.78. The van der Waals surface area contributed by atoms with Gasteiger partial charge in [0.05, 0.1) is 7.11 Å². The summed E-state index contributed by atoms with van der Waals surface area (Å²) in [6.07, 6.45) is 0.911. The largest absolute Gasteiger partial charge is 0.496 e. The van der Waals surface area contributed by atoms with Gasteiger partial charge >= 0.3 is 0 Å². The Morgan fingerprint density at radius 1 is 1.15 bits per heavy atom. The third kappa shape index (κ3) is 3.53. The minimum absolute atomic E-state index is 0.199. The number of halogens is 1. The number of rotatable bonds is 5. The van der Waals surface area contributed by atoms with Crippen LogP contribution in [0.15, 0.2) is 42.5 Å². The molecule has 20 heavy (non-hydrogen) atoms. The zero-order chi connectivity index (χ0) is 14.5. The van der Waals surface area contributed by atoms with Gasteiger partial charge in [-0.3, -0.25) is 0 Å². The van der Waals surface area contributed by atoms with Gasteiger partial charge in [-0.15, -0.1) is 0 Å². The summed E-state index contributed by atoms with van der Waals surface area (Å²) in [4.78, 5) is 0. The van der Waals surface area contributed by atoms with Crippen LogP contribution in [0.4, 0.5) is 0 Å². The van der Waals surface area contributed by atoms with Gasteiger partial charge in [0.2, 0.25) is 0 Å². The number of ether oxygens (including phenoxy) is 1. The molecule has 0 aromatic heterocycles.